The molecule has 4 nitrogen and oxygen atoms in total. The number of halogens is 2. The number of hydrogen-bond acceptors (Lipinski definition) is 3. The van der Waals surface area contributed by atoms with E-state index in [2.05, 4.69) is 5.32 Å². The Balaban J connectivity index is 0.00000200. The van der Waals surface area contributed by atoms with E-state index in [-0.39, 0.29) is 24.4 Å². The number of ether oxygens (including phenoxy) is 1. The number of carbonyl (C=O) groups excluding carboxylic acids is 1. The summed E-state index contributed by atoms with van der Waals surface area (Å²) in [6.45, 7) is 0. The fourth-order valence-corrected chi connectivity index (χ4v) is 2.59. The van der Waals surface area contributed by atoms with Crippen molar-refractivity contribution in [1.82, 2.24) is 5.32 Å². The molecule has 1 aliphatic carbocycles. The molecule has 1 amide bonds. The smallest absolute Gasteiger partial charge is 0.255 e. The number of carbonyl (C=O) groups is 1. The molecule has 0 atom stereocenters. The molecule has 0 aromatic heterocycles. The summed E-state index contributed by atoms with van der Waals surface area (Å²) in [6.07, 6.45) is 5.67. The predicted octanol–water partition coefficient (Wildman–Crippen LogP) is 3.42. The van der Waals surface area contributed by atoms with Crippen LogP contribution >= 0.6 is 24.0 Å². The molecule has 0 radical (unpaired) electrons. The van der Waals surface area contributed by atoms with E-state index in [1.54, 1.807) is 12.1 Å². The molecule has 0 aliphatic heterocycles. The van der Waals surface area contributed by atoms with Gasteiger partial charge in [0, 0.05) is 12.1 Å². The summed E-state index contributed by atoms with van der Waals surface area (Å²) < 4.78 is 5.19. The maximum absolute atomic E-state index is 12.3. The Bertz CT molecular complexity index is 474. The highest BCUT2D eigenvalue weighted by molar-refractivity contribution is 6.33. The zero-order chi connectivity index (χ0) is 13.8. The lowest BCUT2D eigenvalue weighted by Crippen LogP contribution is -2.36. The second kappa shape index (κ2) is 7.60. The van der Waals surface area contributed by atoms with Crippen LogP contribution in [0.2, 0.25) is 5.02 Å². The molecule has 1 fully saturated rings. The summed E-state index contributed by atoms with van der Waals surface area (Å²) in [5.74, 6) is 0.306. The Morgan fingerprint density at radius 2 is 2.00 bits per heavy atom. The summed E-state index contributed by atoms with van der Waals surface area (Å²) >= 11 is 5.97. The third-order valence-electron chi connectivity index (χ3n) is 3.50. The second-order valence-electron chi connectivity index (χ2n) is 4.88. The van der Waals surface area contributed by atoms with Crippen LogP contribution in [0.25, 0.3) is 0 Å². The van der Waals surface area contributed by atoms with Crippen molar-refractivity contribution in [1.29, 1.82) is 0 Å². The monoisotopic (exact) mass is 318 g/mol. The first kappa shape index (κ1) is 16.9. The molecule has 1 aliphatic rings. The molecular formula is C14H20Cl2N2O2. The number of benzene rings is 1. The lowest BCUT2D eigenvalue weighted by molar-refractivity contribution is 0.0924. The van der Waals surface area contributed by atoms with Crippen molar-refractivity contribution in [2.24, 2.45) is 0 Å². The third kappa shape index (κ3) is 3.93. The molecule has 0 heterocycles. The van der Waals surface area contributed by atoms with Crippen LogP contribution in [0.4, 0.5) is 5.69 Å². The first-order valence-corrected chi connectivity index (χ1v) is 6.93. The average Bonchev–Trinajstić information content (AvgIpc) is 2.42. The van der Waals surface area contributed by atoms with Crippen molar-refractivity contribution < 1.29 is 9.53 Å². The molecule has 1 aromatic carbocycles. The summed E-state index contributed by atoms with van der Waals surface area (Å²) in [5.41, 5.74) is 6.55. The van der Waals surface area contributed by atoms with Crippen molar-refractivity contribution in [2.75, 3.05) is 12.8 Å². The number of anilines is 1. The number of nitrogen functional groups attached to an aromatic ring is 1. The van der Waals surface area contributed by atoms with Crippen LogP contribution in [-0.2, 0) is 0 Å². The fourth-order valence-electron chi connectivity index (χ4n) is 2.43. The van der Waals surface area contributed by atoms with Crippen LogP contribution < -0.4 is 15.8 Å². The minimum Gasteiger partial charge on any atom is -0.496 e. The van der Waals surface area contributed by atoms with Crippen molar-refractivity contribution in [3.63, 3.8) is 0 Å². The van der Waals surface area contributed by atoms with Gasteiger partial charge in [0.05, 0.1) is 23.4 Å². The lowest BCUT2D eigenvalue weighted by Gasteiger charge is -2.23. The quantitative estimate of drug-likeness (QED) is 0.839. The molecule has 0 saturated heterocycles. The highest BCUT2D eigenvalue weighted by Gasteiger charge is 2.20. The van der Waals surface area contributed by atoms with Crippen LogP contribution in [0.5, 0.6) is 5.75 Å². The van der Waals surface area contributed by atoms with E-state index >= 15 is 0 Å². The summed E-state index contributed by atoms with van der Waals surface area (Å²) in [6, 6.07) is 3.40. The van der Waals surface area contributed by atoms with Crippen molar-refractivity contribution in [3.8, 4) is 5.75 Å². The number of hydrogen-bond donors (Lipinski definition) is 2. The van der Waals surface area contributed by atoms with Crippen molar-refractivity contribution in [2.45, 2.75) is 38.1 Å². The Morgan fingerprint density at radius 3 is 2.60 bits per heavy atom. The Labute approximate surface area is 130 Å². The topological polar surface area (TPSA) is 64.3 Å². The van der Waals surface area contributed by atoms with E-state index in [0.717, 1.165) is 12.8 Å². The molecule has 1 aromatic rings. The molecule has 112 valence electrons. The van der Waals surface area contributed by atoms with Crippen molar-refractivity contribution >= 4 is 35.6 Å². The molecule has 2 rings (SSSR count). The standard InChI is InChI=1S/C14H19ClN2O2.ClH/c1-19-13-8-12(16)11(15)7-10(13)14(18)17-9-5-3-2-4-6-9;/h7-9H,2-6,16H2,1H3,(H,17,18);1H. The SMILES string of the molecule is COc1cc(N)c(Cl)cc1C(=O)NC1CCCCC1.Cl. The van der Waals surface area contributed by atoms with Gasteiger partial charge < -0.3 is 15.8 Å². The van der Waals surface area contributed by atoms with Gasteiger partial charge >= 0.3 is 0 Å². The summed E-state index contributed by atoms with van der Waals surface area (Å²) in [4.78, 5) is 12.3. The minimum absolute atomic E-state index is 0. The normalized spacial score (nSPS) is 15.3. The first-order chi connectivity index (χ1) is 9.11. The Morgan fingerprint density at radius 1 is 1.35 bits per heavy atom. The van der Waals surface area contributed by atoms with Crippen LogP contribution in [0.15, 0.2) is 12.1 Å². The summed E-state index contributed by atoms with van der Waals surface area (Å²) in [5, 5.41) is 3.41. The van der Waals surface area contributed by atoms with E-state index in [1.807, 2.05) is 0 Å². The van der Waals surface area contributed by atoms with Gasteiger partial charge in [0.15, 0.2) is 0 Å². The zero-order valence-electron chi connectivity index (χ0n) is 11.4. The molecule has 20 heavy (non-hydrogen) atoms. The van der Waals surface area contributed by atoms with Gasteiger partial charge in [-0.2, -0.15) is 0 Å². The maximum atomic E-state index is 12.3. The molecular weight excluding hydrogens is 299 g/mol. The summed E-state index contributed by atoms with van der Waals surface area (Å²) in [7, 11) is 1.51. The van der Waals surface area contributed by atoms with Crippen LogP contribution in [0.3, 0.4) is 0 Å². The van der Waals surface area contributed by atoms with Gasteiger partial charge in [0.2, 0.25) is 0 Å². The fraction of sp³-hybridized carbons (Fsp3) is 0.500. The number of amides is 1. The molecule has 6 heteroatoms. The number of methoxy groups -OCH3 is 1. The van der Waals surface area contributed by atoms with Crippen LogP contribution in [-0.4, -0.2) is 19.1 Å². The van der Waals surface area contributed by atoms with Gasteiger partial charge in [0.1, 0.15) is 5.75 Å². The van der Waals surface area contributed by atoms with Crippen LogP contribution in [0.1, 0.15) is 42.5 Å². The molecule has 1 saturated carbocycles. The van der Waals surface area contributed by atoms with Crippen LogP contribution in [0, 0.1) is 0 Å². The molecule has 3 N–H and O–H groups in total. The number of rotatable bonds is 3. The maximum Gasteiger partial charge on any atom is 0.255 e. The van der Waals surface area contributed by atoms with E-state index in [0.29, 0.717) is 22.0 Å². The Hall–Kier alpha value is -1.13. The molecule has 0 bridgehead atoms. The average molecular weight is 319 g/mol. The van der Waals surface area contributed by atoms with E-state index < -0.39 is 0 Å². The van der Waals surface area contributed by atoms with E-state index in [9.17, 15) is 4.79 Å². The van der Waals surface area contributed by atoms with Gasteiger partial charge in [-0.1, -0.05) is 30.9 Å². The molecule has 0 unspecified atom stereocenters. The van der Waals surface area contributed by atoms with Gasteiger partial charge in [-0.05, 0) is 18.9 Å². The van der Waals surface area contributed by atoms with E-state index in [1.165, 1.54) is 26.4 Å². The third-order valence-corrected chi connectivity index (χ3v) is 3.83. The Kier molecular flexibility index (Phi) is 6.43. The highest BCUT2D eigenvalue weighted by atomic mass is 35.5. The largest absolute Gasteiger partial charge is 0.496 e. The predicted molar refractivity (Wildman–Crippen MR) is 84.0 cm³/mol. The van der Waals surface area contributed by atoms with Gasteiger partial charge in [0.25, 0.3) is 5.91 Å². The van der Waals surface area contributed by atoms with Gasteiger partial charge in [-0.15, -0.1) is 12.4 Å². The zero-order valence-corrected chi connectivity index (χ0v) is 13.0. The van der Waals surface area contributed by atoms with Gasteiger partial charge in [-0.3, -0.25) is 4.79 Å². The molecule has 0 spiro atoms. The van der Waals surface area contributed by atoms with E-state index in [4.69, 9.17) is 22.1 Å². The van der Waals surface area contributed by atoms with Crippen molar-refractivity contribution in [3.05, 3.63) is 22.7 Å². The first-order valence-electron chi connectivity index (χ1n) is 6.55. The second-order valence-corrected chi connectivity index (χ2v) is 5.29. The minimum atomic E-state index is -0.148. The highest BCUT2D eigenvalue weighted by Crippen LogP contribution is 2.29. The van der Waals surface area contributed by atoms with Gasteiger partial charge in [-0.25, -0.2) is 0 Å². The number of nitrogens with one attached hydrogen (secondary N) is 1. The number of nitrogens with two attached hydrogens (primary N) is 1. The lowest BCUT2D eigenvalue weighted by atomic mass is 9.95.